The third kappa shape index (κ3) is 2.25. The van der Waals surface area contributed by atoms with Crippen LogP contribution in [0.1, 0.15) is 40.6 Å². The molecule has 7 heteroatoms. The molecule has 2 fully saturated rings. The van der Waals surface area contributed by atoms with Gasteiger partial charge in [0.2, 0.25) is 5.78 Å². The van der Waals surface area contributed by atoms with E-state index >= 15 is 0 Å². The zero-order valence-corrected chi connectivity index (χ0v) is 16.2. The maximum Gasteiger partial charge on any atom is 0.265 e. The Kier molecular flexibility index (Phi) is 3.67. The lowest BCUT2D eigenvalue weighted by atomic mass is 9.67. The molecule has 2 bridgehead atoms. The zero-order chi connectivity index (χ0) is 19.6. The number of nitrogens with zero attached hydrogens (tertiary/aromatic N) is 2. The van der Waals surface area contributed by atoms with Crippen LogP contribution in [0.2, 0.25) is 0 Å². The van der Waals surface area contributed by atoms with Crippen LogP contribution < -0.4 is 4.74 Å². The topological polar surface area (TPSA) is 74.0 Å². The molecule has 6 rings (SSSR count). The molecule has 2 aromatic rings. The zero-order valence-electron chi connectivity index (χ0n) is 16.2. The summed E-state index contributed by atoms with van der Waals surface area (Å²) in [5, 5.41) is 4.15. The van der Waals surface area contributed by atoms with E-state index in [1.807, 2.05) is 36.4 Å². The van der Waals surface area contributed by atoms with Crippen molar-refractivity contribution in [3.05, 3.63) is 59.1 Å². The van der Waals surface area contributed by atoms with Crippen molar-refractivity contribution in [3.63, 3.8) is 0 Å². The van der Waals surface area contributed by atoms with E-state index in [9.17, 15) is 4.79 Å². The van der Waals surface area contributed by atoms with Crippen LogP contribution in [0, 0.1) is 5.92 Å². The minimum absolute atomic E-state index is 0.0392. The monoisotopic (exact) mass is 394 g/mol. The number of benzene rings is 1. The van der Waals surface area contributed by atoms with Gasteiger partial charge in [-0.1, -0.05) is 30.3 Å². The van der Waals surface area contributed by atoms with Gasteiger partial charge in [0.25, 0.3) is 5.88 Å². The van der Waals surface area contributed by atoms with Crippen LogP contribution in [0.4, 0.5) is 0 Å². The Hall–Kier alpha value is -2.64. The van der Waals surface area contributed by atoms with E-state index in [0.29, 0.717) is 23.7 Å². The van der Waals surface area contributed by atoms with Gasteiger partial charge in [-0.25, -0.2) is 0 Å². The number of likely N-dealkylation sites (tertiary alicyclic amines) is 1. The minimum Gasteiger partial charge on any atom is -0.498 e. The first kappa shape index (κ1) is 17.2. The molecule has 1 aromatic heterocycles. The maximum atomic E-state index is 13.8. The van der Waals surface area contributed by atoms with Crippen molar-refractivity contribution in [1.82, 2.24) is 10.1 Å². The van der Waals surface area contributed by atoms with Crippen molar-refractivity contribution in [3.8, 4) is 5.88 Å². The Labute approximate surface area is 168 Å². The summed E-state index contributed by atoms with van der Waals surface area (Å²) in [5.74, 6) is 1.26. The van der Waals surface area contributed by atoms with E-state index < -0.39 is 5.60 Å². The van der Waals surface area contributed by atoms with Gasteiger partial charge in [-0.05, 0) is 29.6 Å². The smallest absolute Gasteiger partial charge is 0.265 e. The van der Waals surface area contributed by atoms with Gasteiger partial charge in [-0.15, -0.1) is 0 Å². The van der Waals surface area contributed by atoms with E-state index in [4.69, 9.17) is 18.7 Å². The van der Waals surface area contributed by atoms with Gasteiger partial charge >= 0.3 is 0 Å². The molecule has 4 heterocycles. The van der Waals surface area contributed by atoms with Gasteiger partial charge in [-0.2, -0.15) is 0 Å². The predicted molar refractivity (Wildman–Crippen MR) is 101 cm³/mol. The van der Waals surface area contributed by atoms with Crippen LogP contribution in [0.25, 0.3) is 0 Å². The first-order valence-electron chi connectivity index (χ1n) is 10.1. The fraction of sp³-hybridized carbons (Fsp3) is 0.455. The fourth-order valence-electron chi connectivity index (χ4n) is 5.26. The van der Waals surface area contributed by atoms with Crippen molar-refractivity contribution in [2.45, 2.75) is 37.2 Å². The second-order valence-electron chi connectivity index (χ2n) is 8.13. The summed E-state index contributed by atoms with van der Waals surface area (Å²) >= 11 is 0. The molecule has 3 aliphatic heterocycles. The standard InChI is InChI=1S/C22H22N2O5/c1-26-16-11-14-10-15-18(24-8-5-9-24)19-17(20(25)22(15,16)28-14)21(23-29-19)27-12-13-6-3-2-4-7-13/h2-4,6-7,11,14-15,18H,5,8-10,12H2,1H3/t14-,15?,18+,22+/m1/s1. The molecule has 0 saturated carbocycles. The number of Topliss-reactive ketones (excluding diaryl/α,β-unsaturated/α-hetero) is 1. The summed E-state index contributed by atoms with van der Waals surface area (Å²) in [7, 11) is 1.60. The molecule has 150 valence electrons. The highest BCUT2D eigenvalue weighted by Crippen LogP contribution is 2.60. The number of rotatable bonds is 5. The number of hydrogen-bond donors (Lipinski definition) is 0. The molecule has 0 N–H and O–H groups in total. The number of fused-ring (bicyclic) bond motifs is 2. The summed E-state index contributed by atoms with van der Waals surface area (Å²) in [6, 6.07) is 9.74. The summed E-state index contributed by atoms with van der Waals surface area (Å²) in [5.41, 5.74) is 0.307. The number of carbonyl (C=O) groups is 1. The van der Waals surface area contributed by atoms with Gasteiger partial charge in [0.05, 0.1) is 19.3 Å². The van der Waals surface area contributed by atoms with Crippen molar-refractivity contribution >= 4 is 5.78 Å². The summed E-state index contributed by atoms with van der Waals surface area (Å²) in [6.45, 7) is 2.26. The Bertz CT molecular complexity index is 996. The number of ketones is 1. The second-order valence-corrected chi connectivity index (χ2v) is 8.13. The number of ether oxygens (including phenoxy) is 3. The van der Waals surface area contributed by atoms with Crippen LogP contribution >= 0.6 is 0 Å². The van der Waals surface area contributed by atoms with E-state index in [1.54, 1.807) is 7.11 Å². The largest absolute Gasteiger partial charge is 0.498 e. The molecule has 4 atom stereocenters. The van der Waals surface area contributed by atoms with Crippen LogP contribution in [0.15, 0.2) is 46.7 Å². The molecule has 29 heavy (non-hydrogen) atoms. The molecule has 1 spiro atoms. The minimum atomic E-state index is -1.09. The van der Waals surface area contributed by atoms with E-state index in [2.05, 4.69) is 10.1 Å². The van der Waals surface area contributed by atoms with Crippen LogP contribution in [-0.2, 0) is 16.1 Å². The van der Waals surface area contributed by atoms with Gasteiger partial charge in [0, 0.05) is 19.0 Å². The van der Waals surface area contributed by atoms with Crippen LogP contribution in [-0.4, -0.2) is 47.7 Å². The molecular weight excluding hydrogens is 372 g/mol. The average Bonchev–Trinajstić information content (AvgIpc) is 3.40. The van der Waals surface area contributed by atoms with Crippen molar-refractivity contribution in [2.75, 3.05) is 20.2 Å². The molecule has 7 nitrogen and oxygen atoms in total. The Balaban J connectivity index is 1.42. The summed E-state index contributed by atoms with van der Waals surface area (Å²) < 4.78 is 23.6. The highest BCUT2D eigenvalue weighted by atomic mass is 16.6. The predicted octanol–water partition coefficient (Wildman–Crippen LogP) is 2.88. The molecule has 2 saturated heterocycles. The molecule has 4 aliphatic rings. The van der Waals surface area contributed by atoms with Gasteiger partial charge in [-0.3, -0.25) is 9.69 Å². The Morgan fingerprint density at radius 3 is 2.83 bits per heavy atom. The van der Waals surface area contributed by atoms with Crippen LogP contribution in [0.3, 0.4) is 0 Å². The second kappa shape index (κ2) is 6.18. The number of carbonyl (C=O) groups excluding carboxylic acids is 1. The van der Waals surface area contributed by atoms with E-state index in [-0.39, 0.29) is 29.7 Å². The highest BCUT2D eigenvalue weighted by Gasteiger charge is 2.69. The van der Waals surface area contributed by atoms with Gasteiger partial charge in [0.15, 0.2) is 11.4 Å². The lowest BCUT2D eigenvalue weighted by Crippen LogP contribution is -2.56. The lowest BCUT2D eigenvalue weighted by molar-refractivity contribution is -0.0459. The quantitative estimate of drug-likeness (QED) is 0.772. The third-order valence-corrected chi connectivity index (χ3v) is 6.67. The normalized spacial score (nSPS) is 32.4. The van der Waals surface area contributed by atoms with Crippen molar-refractivity contribution in [2.24, 2.45) is 5.92 Å². The summed E-state index contributed by atoms with van der Waals surface area (Å²) in [4.78, 5) is 16.1. The third-order valence-electron chi connectivity index (χ3n) is 6.67. The lowest BCUT2D eigenvalue weighted by Gasteiger charge is -2.47. The maximum absolute atomic E-state index is 13.8. The van der Waals surface area contributed by atoms with Crippen molar-refractivity contribution in [1.29, 1.82) is 0 Å². The Morgan fingerprint density at radius 2 is 2.10 bits per heavy atom. The van der Waals surface area contributed by atoms with E-state index in [1.165, 1.54) is 0 Å². The molecule has 0 radical (unpaired) electrons. The van der Waals surface area contributed by atoms with E-state index in [0.717, 1.165) is 31.5 Å². The number of methoxy groups -OCH3 is 1. The molecular formula is C22H22N2O5. The number of aromatic nitrogens is 1. The average molecular weight is 394 g/mol. The first-order valence-corrected chi connectivity index (χ1v) is 10.1. The fourth-order valence-corrected chi connectivity index (χ4v) is 5.26. The summed E-state index contributed by atoms with van der Waals surface area (Å²) in [6.07, 6.45) is 3.75. The van der Waals surface area contributed by atoms with Gasteiger partial charge in [0.1, 0.15) is 17.9 Å². The first-order chi connectivity index (χ1) is 14.2. The SMILES string of the molecule is COC1=C[C@H]2CC3[C@H](N4CCC4)c4onc(OCc5ccccc5)c4C(=O)[C@@]13O2. The molecule has 0 amide bonds. The van der Waals surface area contributed by atoms with Crippen molar-refractivity contribution < 1.29 is 23.5 Å². The molecule has 1 unspecified atom stereocenters. The number of hydrogen-bond acceptors (Lipinski definition) is 7. The van der Waals surface area contributed by atoms with Gasteiger partial charge < -0.3 is 18.7 Å². The molecule has 1 aliphatic carbocycles. The molecule has 1 aromatic carbocycles. The Morgan fingerprint density at radius 1 is 1.28 bits per heavy atom. The van der Waals surface area contributed by atoms with Crippen LogP contribution in [0.5, 0.6) is 5.88 Å². The highest BCUT2D eigenvalue weighted by molar-refractivity contribution is 6.09.